The minimum atomic E-state index is -0.240. The third kappa shape index (κ3) is 4.71. The van der Waals surface area contributed by atoms with Crippen molar-refractivity contribution in [3.8, 4) is 23.0 Å². The molecule has 0 saturated carbocycles. The van der Waals surface area contributed by atoms with E-state index in [1.54, 1.807) is 81.8 Å². The zero-order valence-corrected chi connectivity index (χ0v) is 19.1. The monoisotopic (exact) mass is 464 g/mol. The van der Waals surface area contributed by atoms with E-state index in [0.29, 0.717) is 50.3 Å². The molecule has 0 radical (unpaired) electrons. The molecule has 0 N–H and O–H groups in total. The first-order valence-electron chi connectivity index (χ1n) is 10.1. The Morgan fingerprint density at radius 3 is 2.45 bits per heavy atom. The molecule has 0 bridgehead atoms. The highest BCUT2D eigenvalue weighted by atomic mass is 35.5. The lowest BCUT2D eigenvalue weighted by molar-refractivity contribution is 0.0920. The third-order valence-electron chi connectivity index (χ3n) is 5.20. The zero-order valence-electron chi connectivity index (χ0n) is 18.3. The summed E-state index contributed by atoms with van der Waals surface area (Å²) in [7, 11) is 3.11. The first-order chi connectivity index (χ1) is 15.9. The second-order valence-corrected chi connectivity index (χ2v) is 7.82. The lowest BCUT2D eigenvalue weighted by atomic mass is 10.0. The van der Waals surface area contributed by atoms with Gasteiger partial charge in [-0.1, -0.05) is 11.6 Å². The van der Waals surface area contributed by atoms with Crippen LogP contribution in [0.15, 0.2) is 60.4 Å². The molecule has 0 amide bonds. The molecule has 0 aromatic heterocycles. The van der Waals surface area contributed by atoms with Crippen LogP contribution in [0.3, 0.4) is 0 Å². The summed E-state index contributed by atoms with van der Waals surface area (Å²) in [6.07, 6.45) is 1.62. The Hall–Kier alpha value is -3.77. The van der Waals surface area contributed by atoms with E-state index in [2.05, 4.69) is 0 Å². The van der Waals surface area contributed by atoms with E-state index in [1.165, 1.54) is 0 Å². The maximum Gasteiger partial charge on any atom is 0.232 e. The number of halogens is 1. The Labute approximate surface area is 196 Å². The summed E-state index contributed by atoms with van der Waals surface area (Å²) in [4.78, 5) is 25.4. The molecule has 1 aliphatic rings. The van der Waals surface area contributed by atoms with Crippen molar-refractivity contribution in [3.05, 3.63) is 87.6 Å². The highest BCUT2D eigenvalue weighted by Gasteiger charge is 2.30. The summed E-state index contributed by atoms with van der Waals surface area (Å²) in [6.45, 7) is 1.64. The van der Waals surface area contributed by atoms with Gasteiger partial charge in [0, 0.05) is 22.2 Å². The molecule has 0 atom stereocenters. The lowest BCUT2D eigenvalue weighted by Crippen LogP contribution is -2.11. The molecule has 3 aromatic carbocycles. The molecule has 1 aliphatic heterocycles. The SMILES string of the molecule is COc1ccc(OC)c(/C=C2\Oc3cc(OCC(=O)c4ccc(Cl)cc4)cc(C)c3C2=O)c1. The maximum atomic E-state index is 13.0. The number of ketones is 2. The van der Waals surface area contributed by atoms with Crippen molar-refractivity contribution in [2.45, 2.75) is 6.92 Å². The Kier molecular flexibility index (Phi) is 6.38. The average molecular weight is 465 g/mol. The molecule has 7 heteroatoms. The predicted molar refractivity (Wildman–Crippen MR) is 125 cm³/mol. The van der Waals surface area contributed by atoms with Crippen LogP contribution in [-0.2, 0) is 0 Å². The molecular formula is C26H21ClO6. The van der Waals surface area contributed by atoms with Crippen molar-refractivity contribution in [2.24, 2.45) is 0 Å². The fraction of sp³-hybridized carbons (Fsp3) is 0.154. The number of benzene rings is 3. The van der Waals surface area contributed by atoms with Gasteiger partial charge in [0.1, 0.15) is 23.0 Å². The normalized spacial score (nSPS) is 13.5. The number of ether oxygens (including phenoxy) is 4. The Morgan fingerprint density at radius 2 is 1.76 bits per heavy atom. The van der Waals surface area contributed by atoms with Gasteiger partial charge in [-0.25, -0.2) is 0 Å². The number of carbonyl (C=O) groups is 2. The molecule has 3 aromatic rings. The van der Waals surface area contributed by atoms with Gasteiger partial charge in [-0.15, -0.1) is 0 Å². The van der Waals surface area contributed by atoms with Gasteiger partial charge in [-0.05, 0) is 67.1 Å². The molecule has 4 rings (SSSR count). The topological polar surface area (TPSA) is 71.1 Å². The van der Waals surface area contributed by atoms with E-state index in [9.17, 15) is 9.59 Å². The van der Waals surface area contributed by atoms with E-state index in [0.717, 1.165) is 0 Å². The van der Waals surface area contributed by atoms with Crippen molar-refractivity contribution in [2.75, 3.05) is 20.8 Å². The molecule has 0 unspecified atom stereocenters. The number of methoxy groups -OCH3 is 2. The smallest absolute Gasteiger partial charge is 0.232 e. The second-order valence-electron chi connectivity index (χ2n) is 7.38. The Balaban J connectivity index is 1.55. The molecule has 6 nitrogen and oxygen atoms in total. The van der Waals surface area contributed by atoms with Crippen LogP contribution in [0.25, 0.3) is 6.08 Å². The average Bonchev–Trinajstić information content (AvgIpc) is 3.13. The number of aryl methyl sites for hydroxylation is 1. The number of hydrogen-bond donors (Lipinski definition) is 0. The molecule has 1 heterocycles. The van der Waals surface area contributed by atoms with Gasteiger partial charge < -0.3 is 18.9 Å². The van der Waals surface area contributed by atoms with E-state index < -0.39 is 0 Å². The third-order valence-corrected chi connectivity index (χ3v) is 5.46. The van der Waals surface area contributed by atoms with Gasteiger partial charge in [0.15, 0.2) is 18.1 Å². The van der Waals surface area contributed by atoms with E-state index in [4.69, 9.17) is 30.5 Å². The maximum absolute atomic E-state index is 13.0. The van der Waals surface area contributed by atoms with Crippen molar-refractivity contribution in [3.63, 3.8) is 0 Å². The van der Waals surface area contributed by atoms with Crippen molar-refractivity contribution >= 4 is 29.2 Å². The van der Waals surface area contributed by atoms with Gasteiger partial charge in [-0.3, -0.25) is 9.59 Å². The summed E-state index contributed by atoms with van der Waals surface area (Å²) in [5, 5.41) is 0.555. The summed E-state index contributed by atoms with van der Waals surface area (Å²) < 4.78 is 22.2. The van der Waals surface area contributed by atoms with Crippen molar-refractivity contribution in [1.82, 2.24) is 0 Å². The highest BCUT2D eigenvalue weighted by Crippen LogP contribution is 2.38. The molecule has 0 spiro atoms. The van der Waals surface area contributed by atoms with Gasteiger partial charge in [0.05, 0.1) is 19.8 Å². The first-order valence-corrected chi connectivity index (χ1v) is 10.5. The fourth-order valence-corrected chi connectivity index (χ4v) is 3.65. The fourth-order valence-electron chi connectivity index (χ4n) is 3.52. The van der Waals surface area contributed by atoms with Crippen molar-refractivity contribution < 1.29 is 28.5 Å². The Bertz CT molecular complexity index is 1260. The zero-order chi connectivity index (χ0) is 23.5. The molecule has 0 saturated heterocycles. The van der Waals surface area contributed by atoms with Crippen LogP contribution in [0.1, 0.15) is 31.8 Å². The highest BCUT2D eigenvalue weighted by molar-refractivity contribution is 6.30. The van der Waals surface area contributed by atoms with Gasteiger partial charge in [0.25, 0.3) is 0 Å². The Morgan fingerprint density at radius 1 is 1.00 bits per heavy atom. The van der Waals surface area contributed by atoms with Crippen LogP contribution in [0, 0.1) is 6.92 Å². The quantitative estimate of drug-likeness (QED) is 0.337. The summed E-state index contributed by atoms with van der Waals surface area (Å²) in [5.74, 6) is 1.75. The number of rotatable bonds is 7. The summed E-state index contributed by atoms with van der Waals surface area (Å²) in [5.41, 5.74) is 2.30. The van der Waals surface area contributed by atoms with E-state index in [1.807, 2.05) is 0 Å². The minimum absolute atomic E-state index is 0.155. The van der Waals surface area contributed by atoms with Gasteiger partial charge in [0.2, 0.25) is 5.78 Å². The minimum Gasteiger partial charge on any atom is -0.497 e. The molecule has 0 aliphatic carbocycles. The molecular weight excluding hydrogens is 444 g/mol. The van der Waals surface area contributed by atoms with Crippen LogP contribution in [-0.4, -0.2) is 32.4 Å². The summed E-state index contributed by atoms with van der Waals surface area (Å²) >= 11 is 5.87. The van der Waals surface area contributed by atoms with E-state index >= 15 is 0 Å². The lowest BCUT2D eigenvalue weighted by Gasteiger charge is -2.09. The van der Waals surface area contributed by atoms with Crippen LogP contribution >= 0.6 is 11.6 Å². The summed E-state index contributed by atoms with van der Waals surface area (Å²) in [6, 6.07) is 15.2. The van der Waals surface area contributed by atoms with Crippen LogP contribution in [0.4, 0.5) is 0 Å². The number of carbonyl (C=O) groups excluding carboxylic acids is 2. The number of Topliss-reactive ketones (excluding diaryl/α,β-unsaturated/α-hetero) is 2. The number of fused-ring (bicyclic) bond motifs is 1. The second kappa shape index (κ2) is 9.38. The van der Waals surface area contributed by atoms with Gasteiger partial charge >= 0.3 is 0 Å². The molecule has 0 fully saturated rings. The standard InChI is InChI=1S/C26H21ClO6/c1-15-10-20(32-14-21(28)16-4-6-18(27)7-5-16)13-23-25(15)26(29)24(33-23)12-17-11-19(30-2)8-9-22(17)31-3/h4-13H,14H2,1-3H3/b24-12-. The molecule has 33 heavy (non-hydrogen) atoms. The van der Waals surface area contributed by atoms with Gasteiger partial charge in [-0.2, -0.15) is 0 Å². The van der Waals surface area contributed by atoms with Crippen LogP contribution < -0.4 is 18.9 Å². The molecule has 168 valence electrons. The first kappa shape index (κ1) is 22.4. The van der Waals surface area contributed by atoms with Crippen molar-refractivity contribution in [1.29, 1.82) is 0 Å². The van der Waals surface area contributed by atoms with E-state index in [-0.39, 0.29) is 23.9 Å². The number of allylic oxidation sites excluding steroid dienone is 1. The van der Waals surface area contributed by atoms with Crippen LogP contribution in [0.2, 0.25) is 5.02 Å². The largest absolute Gasteiger partial charge is 0.497 e. The predicted octanol–water partition coefficient (Wildman–Crippen LogP) is 5.54. The number of hydrogen-bond acceptors (Lipinski definition) is 6. The van der Waals surface area contributed by atoms with Crippen LogP contribution in [0.5, 0.6) is 23.0 Å².